The third-order valence-electron chi connectivity index (χ3n) is 7.39. The molecule has 1 saturated carbocycles. The minimum absolute atomic E-state index is 0.220. The second kappa shape index (κ2) is 10.0. The van der Waals surface area contributed by atoms with Crippen LogP contribution in [0.4, 0.5) is 0 Å². The number of carbonyl (C=O) groups is 1. The van der Waals surface area contributed by atoms with Crippen LogP contribution in [0, 0.1) is 5.92 Å². The van der Waals surface area contributed by atoms with Crippen LogP contribution < -0.4 is 0 Å². The molecule has 0 unspecified atom stereocenters. The SMILES string of the molecule is CCN(C(=O)[C@@H]1CCCN(C2CCN(Cc3cccnc3)CC2)C1)C1CCCC1. The maximum atomic E-state index is 13.3. The summed E-state index contributed by atoms with van der Waals surface area (Å²) in [6.07, 6.45) is 13.5. The van der Waals surface area contributed by atoms with Crippen LogP contribution >= 0.6 is 0 Å². The number of amides is 1. The van der Waals surface area contributed by atoms with Crippen molar-refractivity contribution in [2.24, 2.45) is 5.92 Å². The first kappa shape index (κ1) is 20.8. The van der Waals surface area contributed by atoms with E-state index in [0.29, 0.717) is 18.0 Å². The number of likely N-dealkylation sites (tertiary alicyclic amines) is 2. The Morgan fingerprint density at radius 2 is 1.90 bits per heavy atom. The molecule has 0 bridgehead atoms. The maximum absolute atomic E-state index is 13.3. The fraction of sp³-hybridized carbons (Fsp3) is 0.750. The summed E-state index contributed by atoms with van der Waals surface area (Å²) in [6, 6.07) is 5.36. The highest BCUT2D eigenvalue weighted by atomic mass is 16.2. The molecular weight excluding hydrogens is 360 g/mol. The van der Waals surface area contributed by atoms with Crippen LogP contribution in [-0.2, 0) is 11.3 Å². The highest BCUT2D eigenvalue weighted by molar-refractivity contribution is 5.79. The van der Waals surface area contributed by atoms with E-state index >= 15 is 0 Å². The van der Waals surface area contributed by atoms with Gasteiger partial charge >= 0.3 is 0 Å². The van der Waals surface area contributed by atoms with Crippen molar-refractivity contribution >= 4 is 5.91 Å². The van der Waals surface area contributed by atoms with E-state index in [1.807, 2.05) is 18.5 Å². The van der Waals surface area contributed by atoms with Gasteiger partial charge in [0.2, 0.25) is 5.91 Å². The first-order chi connectivity index (χ1) is 14.2. The van der Waals surface area contributed by atoms with Crippen LogP contribution in [0.15, 0.2) is 24.5 Å². The van der Waals surface area contributed by atoms with Crippen molar-refractivity contribution < 1.29 is 4.79 Å². The summed E-state index contributed by atoms with van der Waals surface area (Å²) in [5.74, 6) is 0.663. The van der Waals surface area contributed by atoms with Gasteiger partial charge in [-0.3, -0.25) is 19.6 Å². The number of carbonyl (C=O) groups excluding carboxylic acids is 1. The molecular formula is C24H38N4O. The molecule has 0 radical (unpaired) electrons. The van der Waals surface area contributed by atoms with E-state index in [2.05, 4.69) is 32.7 Å². The van der Waals surface area contributed by atoms with E-state index in [9.17, 15) is 4.79 Å². The molecule has 1 aliphatic carbocycles. The van der Waals surface area contributed by atoms with Gasteiger partial charge in [0.15, 0.2) is 0 Å². The largest absolute Gasteiger partial charge is 0.340 e. The Morgan fingerprint density at radius 1 is 1.10 bits per heavy atom. The van der Waals surface area contributed by atoms with E-state index < -0.39 is 0 Å². The highest BCUT2D eigenvalue weighted by Gasteiger charge is 2.35. The van der Waals surface area contributed by atoms with E-state index in [1.165, 1.54) is 57.1 Å². The number of hydrogen-bond donors (Lipinski definition) is 0. The topological polar surface area (TPSA) is 39.7 Å². The molecule has 0 aromatic carbocycles. The zero-order chi connectivity index (χ0) is 20.1. The van der Waals surface area contributed by atoms with Crippen LogP contribution in [0.1, 0.15) is 63.9 Å². The zero-order valence-corrected chi connectivity index (χ0v) is 18.1. The van der Waals surface area contributed by atoms with Crippen LogP contribution in [0.5, 0.6) is 0 Å². The number of hydrogen-bond acceptors (Lipinski definition) is 4. The van der Waals surface area contributed by atoms with Gasteiger partial charge in [0.1, 0.15) is 0 Å². The van der Waals surface area contributed by atoms with Gasteiger partial charge in [-0.05, 0) is 76.7 Å². The van der Waals surface area contributed by atoms with Crippen LogP contribution in [-0.4, -0.2) is 70.4 Å². The lowest BCUT2D eigenvalue weighted by Crippen LogP contribution is -2.52. The first-order valence-electron chi connectivity index (χ1n) is 11.9. The van der Waals surface area contributed by atoms with E-state index in [0.717, 1.165) is 39.1 Å². The molecule has 5 nitrogen and oxygen atoms in total. The van der Waals surface area contributed by atoms with Crippen molar-refractivity contribution in [3.05, 3.63) is 30.1 Å². The molecule has 0 N–H and O–H groups in total. The van der Waals surface area contributed by atoms with Gasteiger partial charge in [-0.1, -0.05) is 18.9 Å². The number of nitrogens with zero attached hydrogens (tertiary/aromatic N) is 4. The van der Waals surface area contributed by atoms with Gasteiger partial charge in [-0.15, -0.1) is 0 Å². The van der Waals surface area contributed by atoms with Crippen molar-refractivity contribution in [2.45, 2.75) is 76.9 Å². The van der Waals surface area contributed by atoms with Gasteiger partial charge in [-0.25, -0.2) is 0 Å². The molecule has 3 fully saturated rings. The van der Waals surface area contributed by atoms with Crippen molar-refractivity contribution in [3.8, 4) is 0 Å². The molecule has 0 spiro atoms. The molecule has 1 atom stereocenters. The van der Waals surface area contributed by atoms with E-state index in [1.54, 1.807) is 0 Å². The fourth-order valence-electron chi connectivity index (χ4n) is 5.78. The maximum Gasteiger partial charge on any atom is 0.227 e. The minimum Gasteiger partial charge on any atom is -0.340 e. The lowest BCUT2D eigenvalue weighted by Gasteiger charge is -2.43. The summed E-state index contributed by atoms with van der Waals surface area (Å²) in [7, 11) is 0. The van der Waals surface area contributed by atoms with E-state index in [4.69, 9.17) is 0 Å². The van der Waals surface area contributed by atoms with Gasteiger partial charge < -0.3 is 4.90 Å². The molecule has 3 aliphatic rings. The normalized spacial score (nSPS) is 25.3. The second-order valence-corrected chi connectivity index (χ2v) is 9.27. The minimum atomic E-state index is 0.220. The summed E-state index contributed by atoms with van der Waals surface area (Å²) < 4.78 is 0. The Kier molecular flexibility index (Phi) is 7.20. The molecule has 1 amide bonds. The summed E-state index contributed by atoms with van der Waals surface area (Å²) in [5, 5.41) is 0. The molecule has 1 aromatic rings. The molecule has 5 heteroatoms. The number of rotatable bonds is 6. The Morgan fingerprint density at radius 3 is 2.59 bits per heavy atom. The Balaban J connectivity index is 1.28. The van der Waals surface area contributed by atoms with Crippen molar-refractivity contribution in [2.75, 3.05) is 32.7 Å². The molecule has 4 rings (SSSR count). The predicted octanol–water partition coefficient (Wildman–Crippen LogP) is 3.55. The van der Waals surface area contributed by atoms with Crippen LogP contribution in [0.2, 0.25) is 0 Å². The van der Waals surface area contributed by atoms with Crippen molar-refractivity contribution in [1.82, 2.24) is 19.7 Å². The number of piperidine rings is 2. The zero-order valence-electron chi connectivity index (χ0n) is 18.1. The monoisotopic (exact) mass is 398 g/mol. The fourth-order valence-corrected chi connectivity index (χ4v) is 5.78. The lowest BCUT2D eigenvalue weighted by molar-refractivity contribution is -0.140. The van der Waals surface area contributed by atoms with Crippen LogP contribution in [0.3, 0.4) is 0 Å². The van der Waals surface area contributed by atoms with Gasteiger partial charge in [0.05, 0.1) is 5.92 Å². The molecule has 29 heavy (non-hydrogen) atoms. The summed E-state index contributed by atoms with van der Waals surface area (Å²) >= 11 is 0. The van der Waals surface area contributed by atoms with Crippen molar-refractivity contribution in [3.63, 3.8) is 0 Å². The average Bonchev–Trinajstić information content (AvgIpc) is 3.30. The number of pyridine rings is 1. The molecule has 160 valence electrons. The molecule has 2 saturated heterocycles. The third kappa shape index (κ3) is 5.18. The smallest absolute Gasteiger partial charge is 0.227 e. The summed E-state index contributed by atoms with van der Waals surface area (Å²) in [4.78, 5) is 25.0. The quantitative estimate of drug-likeness (QED) is 0.735. The third-order valence-corrected chi connectivity index (χ3v) is 7.39. The molecule has 1 aromatic heterocycles. The summed E-state index contributed by atoms with van der Waals surface area (Å²) in [5.41, 5.74) is 1.31. The molecule has 3 heterocycles. The lowest BCUT2D eigenvalue weighted by atomic mass is 9.92. The second-order valence-electron chi connectivity index (χ2n) is 9.27. The van der Waals surface area contributed by atoms with Gasteiger partial charge in [0, 0.05) is 44.1 Å². The van der Waals surface area contributed by atoms with Gasteiger partial charge in [0.25, 0.3) is 0 Å². The number of aromatic nitrogens is 1. The molecule has 2 aliphatic heterocycles. The Hall–Kier alpha value is -1.46. The highest BCUT2D eigenvalue weighted by Crippen LogP contribution is 2.29. The van der Waals surface area contributed by atoms with Gasteiger partial charge in [-0.2, -0.15) is 0 Å². The predicted molar refractivity (Wildman–Crippen MR) is 116 cm³/mol. The Bertz CT molecular complexity index is 638. The first-order valence-corrected chi connectivity index (χ1v) is 11.9. The standard InChI is InChI=1S/C24H38N4O/c1-2-28(23-9-3-4-10-23)24(29)21-8-6-14-27(19-21)22-11-15-26(16-12-22)18-20-7-5-13-25-17-20/h5,7,13,17,21-23H,2-4,6,8-12,14-16,18-19H2,1H3/t21-/m1/s1. The van der Waals surface area contributed by atoms with Crippen molar-refractivity contribution in [1.29, 1.82) is 0 Å². The Labute approximate surface area is 176 Å². The summed E-state index contributed by atoms with van der Waals surface area (Å²) in [6.45, 7) is 8.51. The van der Waals surface area contributed by atoms with Crippen LogP contribution in [0.25, 0.3) is 0 Å². The average molecular weight is 399 g/mol. The van der Waals surface area contributed by atoms with E-state index in [-0.39, 0.29) is 5.92 Å².